The van der Waals surface area contributed by atoms with Crippen molar-refractivity contribution in [3.63, 3.8) is 0 Å². The summed E-state index contributed by atoms with van der Waals surface area (Å²) >= 11 is 0. The molecular formula is C21H21F2N3O. The summed E-state index contributed by atoms with van der Waals surface area (Å²) in [5.41, 5.74) is 1.77. The Kier molecular flexibility index (Phi) is 5.64. The van der Waals surface area contributed by atoms with Crippen molar-refractivity contribution in [2.45, 2.75) is 13.3 Å². The van der Waals surface area contributed by atoms with Gasteiger partial charge in [0.05, 0.1) is 5.56 Å². The van der Waals surface area contributed by atoms with Gasteiger partial charge in [0.25, 0.3) is 5.91 Å². The molecule has 3 aromatic rings. The number of benzene rings is 2. The molecule has 0 unspecified atom stereocenters. The maximum Gasteiger partial charge on any atom is 0.257 e. The lowest BCUT2D eigenvalue weighted by Crippen LogP contribution is -2.32. The molecule has 0 aliphatic heterocycles. The van der Waals surface area contributed by atoms with Crippen molar-refractivity contribution in [1.29, 1.82) is 0 Å². The van der Waals surface area contributed by atoms with E-state index in [9.17, 15) is 13.6 Å². The minimum absolute atomic E-state index is 0.111. The maximum absolute atomic E-state index is 14.2. The first-order valence-electron chi connectivity index (χ1n) is 8.82. The van der Waals surface area contributed by atoms with Crippen molar-refractivity contribution in [2.24, 2.45) is 7.05 Å². The van der Waals surface area contributed by atoms with Gasteiger partial charge in [0.2, 0.25) is 0 Å². The molecule has 0 saturated heterocycles. The largest absolute Gasteiger partial charge is 0.338 e. The van der Waals surface area contributed by atoms with Crippen molar-refractivity contribution < 1.29 is 13.6 Å². The predicted molar refractivity (Wildman–Crippen MR) is 100 cm³/mol. The molecule has 140 valence electrons. The first-order valence-corrected chi connectivity index (χ1v) is 8.82. The predicted octanol–water partition coefficient (Wildman–Crippen LogP) is 4.07. The molecule has 1 aromatic heterocycles. The molecule has 1 amide bonds. The standard InChI is InChI=1S/C21H21F2N3O/c1-3-26(12-11-15-7-5-4-6-8-15)21(27)18-14-25(2)24-20(18)17-10-9-16(22)13-19(17)23/h4-10,13-14H,3,11-12H2,1-2H3. The van der Waals surface area contributed by atoms with Crippen LogP contribution in [0.5, 0.6) is 0 Å². The summed E-state index contributed by atoms with van der Waals surface area (Å²) in [6.07, 6.45) is 2.30. The minimum Gasteiger partial charge on any atom is -0.338 e. The van der Waals surface area contributed by atoms with Gasteiger partial charge in [-0.15, -0.1) is 0 Å². The Labute approximate surface area is 157 Å². The zero-order valence-corrected chi connectivity index (χ0v) is 15.3. The Bertz CT molecular complexity index is 938. The van der Waals surface area contributed by atoms with E-state index in [-0.39, 0.29) is 17.2 Å². The number of nitrogens with zero attached hydrogens (tertiary/aromatic N) is 3. The molecule has 0 saturated carbocycles. The SMILES string of the molecule is CCN(CCc1ccccc1)C(=O)c1cn(C)nc1-c1ccc(F)cc1F. The van der Waals surface area contributed by atoms with E-state index in [1.807, 2.05) is 37.3 Å². The summed E-state index contributed by atoms with van der Waals surface area (Å²) in [5, 5.41) is 4.23. The van der Waals surface area contributed by atoms with Crippen LogP contribution in [0.1, 0.15) is 22.8 Å². The van der Waals surface area contributed by atoms with Gasteiger partial charge in [-0.3, -0.25) is 9.48 Å². The maximum atomic E-state index is 14.2. The summed E-state index contributed by atoms with van der Waals surface area (Å²) in [5.74, 6) is -1.63. The van der Waals surface area contributed by atoms with Crippen LogP contribution in [0, 0.1) is 11.6 Å². The van der Waals surface area contributed by atoms with Crippen LogP contribution in [0.15, 0.2) is 54.7 Å². The number of likely N-dealkylation sites (N-methyl/N-ethyl adjacent to an activating group) is 1. The highest BCUT2D eigenvalue weighted by Gasteiger charge is 2.23. The number of rotatable bonds is 6. The number of hydrogen-bond donors (Lipinski definition) is 0. The molecule has 0 bridgehead atoms. The Hall–Kier alpha value is -3.02. The summed E-state index contributed by atoms with van der Waals surface area (Å²) < 4.78 is 28.9. The second-order valence-electron chi connectivity index (χ2n) is 6.31. The Morgan fingerprint density at radius 3 is 2.56 bits per heavy atom. The van der Waals surface area contributed by atoms with Gasteiger partial charge in [-0.2, -0.15) is 5.10 Å². The third kappa shape index (κ3) is 4.22. The van der Waals surface area contributed by atoms with E-state index in [4.69, 9.17) is 0 Å². The molecule has 0 N–H and O–H groups in total. The van der Waals surface area contributed by atoms with Crippen LogP contribution < -0.4 is 0 Å². The first-order chi connectivity index (χ1) is 13.0. The highest BCUT2D eigenvalue weighted by atomic mass is 19.1. The lowest BCUT2D eigenvalue weighted by Gasteiger charge is -2.21. The van der Waals surface area contributed by atoms with E-state index in [0.717, 1.165) is 24.1 Å². The summed E-state index contributed by atoms with van der Waals surface area (Å²) in [4.78, 5) is 14.8. The van der Waals surface area contributed by atoms with Crippen LogP contribution >= 0.6 is 0 Å². The average Bonchev–Trinajstić information content (AvgIpc) is 3.04. The van der Waals surface area contributed by atoms with Crippen LogP contribution in [0.25, 0.3) is 11.3 Å². The molecule has 4 nitrogen and oxygen atoms in total. The fourth-order valence-corrected chi connectivity index (χ4v) is 3.01. The number of carbonyl (C=O) groups excluding carboxylic acids is 1. The fraction of sp³-hybridized carbons (Fsp3) is 0.238. The summed E-state index contributed by atoms with van der Waals surface area (Å²) in [6.45, 7) is 2.96. The normalized spacial score (nSPS) is 10.8. The Morgan fingerprint density at radius 2 is 1.89 bits per heavy atom. The van der Waals surface area contributed by atoms with Gasteiger partial charge < -0.3 is 4.90 Å². The minimum atomic E-state index is -0.741. The zero-order valence-electron chi connectivity index (χ0n) is 15.3. The first kappa shape index (κ1) is 18.8. The van der Waals surface area contributed by atoms with Crippen molar-refractivity contribution in [1.82, 2.24) is 14.7 Å². The lowest BCUT2D eigenvalue weighted by atomic mass is 10.1. The number of aromatic nitrogens is 2. The molecule has 0 aliphatic rings. The Balaban J connectivity index is 1.87. The van der Waals surface area contributed by atoms with Crippen molar-refractivity contribution >= 4 is 5.91 Å². The van der Waals surface area contributed by atoms with E-state index >= 15 is 0 Å². The molecule has 1 heterocycles. The average molecular weight is 369 g/mol. The van der Waals surface area contributed by atoms with Gasteiger partial charge in [-0.05, 0) is 31.0 Å². The number of amides is 1. The van der Waals surface area contributed by atoms with E-state index in [2.05, 4.69) is 5.10 Å². The molecule has 27 heavy (non-hydrogen) atoms. The van der Waals surface area contributed by atoms with Crippen LogP contribution in [-0.4, -0.2) is 33.7 Å². The molecule has 0 radical (unpaired) electrons. The second-order valence-corrected chi connectivity index (χ2v) is 6.31. The summed E-state index contributed by atoms with van der Waals surface area (Å²) in [7, 11) is 1.67. The van der Waals surface area contributed by atoms with E-state index in [1.165, 1.54) is 10.7 Å². The lowest BCUT2D eigenvalue weighted by molar-refractivity contribution is 0.0767. The molecule has 0 fully saturated rings. The number of halogens is 2. The van der Waals surface area contributed by atoms with Crippen molar-refractivity contribution in [2.75, 3.05) is 13.1 Å². The van der Waals surface area contributed by atoms with Crippen LogP contribution in [0.3, 0.4) is 0 Å². The van der Waals surface area contributed by atoms with Crippen molar-refractivity contribution in [3.8, 4) is 11.3 Å². The molecule has 3 rings (SSSR count). The van der Waals surface area contributed by atoms with Gasteiger partial charge in [-0.1, -0.05) is 30.3 Å². The van der Waals surface area contributed by atoms with Gasteiger partial charge in [-0.25, -0.2) is 8.78 Å². The molecule has 2 aromatic carbocycles. The quantitative estimate of drug-likeness (QED) is 0.657. The second kappa shape index (κ2) is 8.12. The van der Waals surface area contributed by atoms with E-state index < -0.39 is 11.6 Å². The topological polar surface area (TPSA) is 38.1 Å². The van der Waals surface area contributed by atoms with Crippen LogP contribution in [0.4, 0.5) is 8.78 Å². The third-order valence-corrected chi connectivity index (χ3v) is 4.43. The van der Waals surface area contributed by atoms with Gasteiger partial charge in [0, 0.05) is 38.0 Å². The van der Waals surface area contributed by atoms with E-state index in [0.29, 0.717) is 18.7 Å². The zero-order chi connectivity index (χ0) is 19.4. The van der Waals surface area contributed by atoms with Crippen LogP contribution in [0.2, 0.25) is 0 Å². The number of carbonyl (C=O) groups is 1. The molecule has 0 aliphatic carbocycles. The number of aryl methyl sites for hydroxylation is 1. The molecule has 0 spiro atoms. The fourth-order valence-electron chi connectivity index (χ4n) is 3.01. The number of hydrogen-bond acceptors (Lipinski definition) is 2. The van der Waals surface area contributed by atoms with Crippen LogP contribution in [-0.2, 0) is 13.5 Å². The van der Waals surface area contributed by atoms with Gasteiger partial charge in [0.15, 0.2) is 0 Å². The highest BCUT2D eigenvalue weighted by Crippen LogP contribution is 2.26. The summed E-state index contributed by atoms with van der Waals surface area (Å²) in [6, 6.07) is 13.2. The molecule has 6 heteroatoms. The van der Waals surface area contributed by atoms with Gasteiger partial charge >= 0.3 is 0 Å². The monoisotopic (exact) mass is 369 g/mol. The van der Waals surface area contributed by atoms with Gasteiger partial charge in [0.1, 0.15) is 17.3 Å². The van der Waals surface area contributed by atoms with Crippen molar-refractivity contribution in [3.05, 3.63) is 77.5 Å². The highest BCUT2D eigenvalue weighted by molar-refractivity contribution is 5.99. The third-order valence-electron chi connectivity index (χ3n) is 4.43. The Morgan fingerprint density at radius 1 is 1.15 bits per heavy atom. The van der Waals surface area contributed by atoms with E-state index in [1.54, 1.807) is 18.1 Å². The molecule has 0 atom stereocenters. The molecular weight excluding hydrogens is 348 g/mol. The smallest absolute Gasteiger partial charge is 0.257 e.